The summed E-state index contributed by atoms with van der Waals surface area (Å²) in [6.45, 7) is 3.97. The van der Waals surface area contributed by atoms with Gasteiger partial charge in [0.25, 0.3) is 11.8 Å². The number of aromatic nitrogens is 1. The molecule has 0 bridgehead atoms. The SMILES string of the molecule is Cc1cccc(NC(=O)c2cc(C(=O)NC3CCCCCC3)ccn2)c1C. The van der Waals surface area contributed by atoms with Crippen LogP contribution in [0.4, 0.5) is 5.69 Å². The number of pyridine rings is 1. The molecule has 0 saturated heterocycles. The van der Waals surface area contributed by atoms with Gasteiger partial charge in [-0.2, -0.15) is 0 Å². The zero-order valence-corrected chi connectivity index (χ0v) is 16.0. The number of aryl methyl sites for hydroxylation is 1. The van der Waals surface area contributed by atoms with Crippen molar-refractivity contribution in [2.75, 3.05) is 5.32 Å². The molecule has 5 heteroatoms. The van der Waals surface area contributed by atoms with Crippen LogP contribution in [0.2, 0.25) is 0 Å². The second-order valence-corrected chi connectivity index (χ2v) is 7.29. The van der Waals surface area contributed by atoms with Gasteiger partial charge in [0, 0.05) is 23.5 Å². The maximum absolute atomic E-state index is 12.6. The van der Waals surface area contributed by atoms with Gasteiger partial charge in [-0.05, 0) is 56.0 Å². The summed E-state index contributed by atoms with van der Waals surface area (Å²) < 4.78 is 0. The maximum atomic E-state index is 12.6. The van der Waals surface area contributed by atoms with Crippen molar-refractivity contribution in [2.45, 2.75) is 58.4 Å². The highest BCUT2D eigenvalue weighted by atomic mass is 16.2. The van der Waals surface area contributed by atoms with Crippen molar-refractivity contribution in [1.29, 1.82) is 0 Å². The second-order valence-electron chi connectivity index (χ2n) is 7.29. The lowest BCUT2D eigenvalue weighted by atomic mass is 10.1. The number of benzene rings is 1. The molecule has 3 rings (SSSR count). The second kappa shape index (κ2) is 8.80. The molecule has 0 aliphatic heterocycles. The summed E-state index contributed by atoms with van der Waals surface area (Å²) in [5.41, 5.74) is 3.60. The van der Waals surface area contributed by atoms with Crippen LogP contribution < -0.4 is 10.6 Å². The van der Waals surface area contributed by atoms with Gasteiger partial charge in [-0.3, -0.25) is 14.6 Å². The van der Waals surface area contributed by atoms with Gasteiger partial charge in [-0.25, -0.2) is 0 Å². The van der Waals surface area contributed by atoms with Crippen LogP contribution in [0.5, 0.6) is 0 Å². The number of nitrogens with one attached hydrogen (secondary N) is 2. The zero-order chi connectivity index (χ0) is 19.2. The van der Waals surface area contributed by atoms with Gasteiger partial charge < -0.3 is 10.6 Å². The summed E-state index contributed by atoms with van der Waals surface area (Å²) in [5.74, 6) is -0.446. The zero-order valence-electron chi connectivity index (χ0n) is 16.0. The number of rotatable bonds is 4. The van der Waals surface area contributed by atoms with Crippen LogP contribution in [0.25, 0.3) is 0 Å². The lowest BCUT2D eigenvalue weighted by Crippen LogP contribution is -2.34. The normalized spacial score (nSPS) is 15.0. The Hall–Kier alpha value is -2.69. The van der Waals surface area contributed by atoms with E-state index in [1.165, 1.54) is 19.0 Å². The molecule has 1 aliphatic carbocycles. The molecule has 0 radical (unpaired) electrons. The van der Waals surface area contributed by atoms with Crippen molar-refractivity contribution in [3.63, 3.8) is 0 Å². The first-order valence-corrected chi connectivity index (χ1v) is 9.69. The molecule has 5 nitrogen and oxygen atoms in total. The molecule has 2 amide bonds. The molecule has 1 aromatic heterocycles. The average molecular weight is 365 g/mol. The van der Waals surface area contributed by atoms with E-state index in [0.29, 0.717) is 5.56 Å². The topological polar surface area (TPSA) is 71.1 Å². The van der Waals surface area contributed by atoms with Crippen LogP contribution in [0.1, 0.15) is 70.5 Å². The fourth-order valence-electron chi connectivity index (χ4n) is 3.46. The number of anilines is 1. The lowest BCUT2D eigenvalue weighted by molar-refractivity contribution is 0.0933. The minimum atomic E-state index is -0.312. The Bertz CT molecular complexity index is 824. The van der Waals surface area contributed by atoms with E-state index in [1.54, 1.807) is 12.1 Å². The molecule has 2 N–H and O–H groups in total. The largest absolute Gasteiger partial charge is 0.349 e. The van der Waals surface area contributed by atoms with Crippen LogP contribution >= 0.6 is 0 Å². The van der Waals surface area contributed by atoms with Crippen molar-refractivity contribution in [1.82, 2.24) is 10.3 Å². The Morgan fingerprint density at radius 2 is 1.74 bits per heavy atom. The summed E-state index contributed by atoms with van der Waals surface area (Å²) in [6, 6.07) is 9.21. The number of hydrogen-bond donors (Lipinski definition) is 2. The molecule has 1 saturated carbocycles. The monoisotopic (exact) mass is 365 g/mol. The molecule has 1 aromatic carbocycles. The predicted molar refractivity (Wildman–Crippen MR) is 107 cm³/mol. The van der Waals surface area contributed by atoms with Gasteiger partial charge in [0.2, 0.25) is 0 Å². The van der Waals surface area contributed by atoms with E-state index in [2.05, 4.69) is 15.6 Å². The number of carbonyl (C=O) groups excluding carboxylic acids is 2. The Labute approximate surface area is 160 Å². The smallest absolute Gasteiger partial charge is 0.274 e. The highest BCUT2D eigenvalue weighted by molar-refractivity contribution is 6.05. The molecule has 0 spiro atoms. The lowest BCUT2D eigenvalue weighted by Gasteiger charge is -2.16. The number of nitrogens with zero attached hydrogens (tertiary/aromatic N) is 1. The van der Waals surface area contributed by atoms with Gasteiger partial charge in [-0.15, -0.1) is 0 Å². The van der Waals surface area contributed by atoms with Crippen LogP contribution in [0.3, 0.4) is 0 Å². The number of carbonyl (C=O) groups is 2. The third kappa shape index (κ3) is 4.94. The third-order valence-corrected chi connectivity index (χ3v) is 5.30. The molecule has 1 aliphatic rings. The fraction of sp³-hybridized carbons (Fsp3) is 0.409. The van der Waals surface area contributed by atoms with Crippen molar-refractivity contribution < 1.29 is 9.59 Å². The quantitative estimate of drug-likeness (QED) is 0.789. The van der Waals surface area contributed by atoms with Crippen molar-refractivity contribution in [3.05, 3.63) is 58.9 Å². The Kier molecular flexibility index (Phi) is 6.22. The number of hydrogen-bond acceptors (Lipinski definition) is 3. The van der Waals surface area contributed by atoms with Crippen molar-refractivity contribution in [2.24, 2.45) is 0 Å². The van der Waals surface area contributed by atoms with Gasteiger partial charge in [0.1, 0.15) is 5.69 Å². The molecular weight excluding hydrogens is 338 g/mol. The summed E-state index contributed by atoms with van der Waals surface area (Å²) in [7, 11) is 0. The van der Waals surface area contributed by atoms with Crippen molar-refractivity contribution in [3.8, 4) is 0 Å². The Morgan fingerprint density at radius 3 is 2.48 bits per heavy atom. The molecule has 27 heavy (non-hydrogen) atoms. The fourth-order valence-corrected chi connectivity index (χ4v) is 3.46. The standard InChI is InChI=1S/C22H27N3O2/c1-15-8-7-11-19(16(15)2)25-22(27)20-14-17(12-13-23-20)21(26)24-18-9-5-3-4-6-10-18/h7-8,11-14,18H,3-6,9-10H2,1-2H3,(H,24,26)(H,25,27). The van der Waals surface area contributed by atoms with E-state index >= 15 is 0 Å². The van der Waals surface area contributed by atoms with Gasteiger partial charge in [0.15, 0.2) is 0 Å². The minimum absolute atomic E-state index is 0.134. The van der Waals surface area contributed by atoms with Crippen LogP contribution in [-0.2, 0) is 0 Å². The molecule has 1 heterocycles. The van der Waals surface area contributed by atoms with Gasteiger partial charge in [0.05, 0.1) is 0 Å². The van der Waals surface area contributed by atoms with Crippen LogP contribution in [0.15, 0.2) is 36.5 Å². The Morgan fingerprint density at radius 1 is 1.00 bits per heavy atom. The minimum Gasteiger partial charge on any atom is -0.349 e. The van der Waals surface area contributed by atoms with E-state index in [1.807, 2.05) is 32.0 Å². The molecule has 142 valence electrons. The molecule has 1 fully saturated rings. The van der Waals surface area contributed by atoms with Crippen LogP contribution in [0, 0.1) is 13.8 Å². The predicted octanol–water partition coefficient (Wildman–Crippen LogP) is 4.40. The third-order valence-electron chi connectivity index (χ3n) is 5.30. The molecule has 0 unspecified atom stereocenters. The molecular formula is C22H27N3O2. The first-order valence-electron chi connectivity index (χ1n) is 9.69. The summed E-state index contributed by atoms with van der Waals surface area (Å²) >= 11 is 0. The highest BCUT2D eigenvalue weighted by Crippen LogP contribution is 2.19. The molecule has 0 atom stereocenters. The van der Waals surface area contributed by atoms with E-state index in [9.17, 15) is 9.59 Å². The first-order chi connectivity index (χ1) is 13.0. The average Bonchev–Trinajstić information content (AvgIpc) is 2.94. The maximum Gasteiger partial charge on any atom is 0.274 e. The Balaban J connectivity index is 1.69. The summed E-state index contributed by atoms with van der Waals surface area (Å²) in [5, 5.41) is 6.00. The highest BCUT2D eigenvalue weighted by Gasteiger charge is 2.17. The van der Waals surface area contributed by atoms with E-state index < -0.39 is 0 Å². The molecule has 2 aromatic rings. The van der Waals surface area contributed by atoms with E-state index in [0.717, 1.165) is 42.5 Å². The van der Waals surface area contributed by atoms with E-state index in [-0.39, 0.29) is 23.6 Å². The van der Waals surface area contributed by atoms with E-state index in [4.69, 9.17) is 0 Å². The number of amides is 2. The summed E-state index contributed by atoms with van der Waals surface area (Å²) in [6.07, 6.45) is 8.36. The van der Waals surface area contributed by atoms with Crippen molar-refractivity contribution >= 4 is 17.5 Å². The van der Waals surface area contributed by atoms with Crippen LogP contribution in [-0.4, -0.2) is 22.8 Å². The summed E-state index contributed by atoms with van der Waals surface area (Å²) in [4.78, 5) is 29.3. The first kappa shape index (κ1) is 19.1. The van der Waals surface area contributed by atoms with Gasteiger partial charge in [-0.1, -0.05) is 37.8 Å². The van der Waals surface area contributed by atoms with Gasteiger partial charge >= 0.3 is 0 Å².